The summed E-state index contributed by atoms with van der Waals surface area (Å²) in [5.41, 5.74) is 0.434. The van der Waals surface area contributed by atoms with Gasteiger partial charge in [0.1, 0.15) is 17.4 Å². The van der Waals surface area contributed by atoms with Crippen LogP contribution in [-0.4, -0.2) is 24.7 Å². The zero-order chi connectivity index (χ0) is 20.0. The van der Waals surface area contributed by atoms with Gasteiger partial charge in [-0.1, -0.05) is 41.9 Å². The normalized spacial score (nSPS) is 12.0. The Bertz CT molecular complexity index is 803. The molecule has 0 aliphatic rings. The summed E-state index contributed by atoms with van der Waals surface area (Å²) in [6.45, 7) is 5.26. The minimum Gasteiger partial charge on any atom is -0.495 e. The van der Waals surface area contributed by atoms with E-state index in [1.807, 2.05) is 6.07 Å². The molecule has 27 heavy (non-hydrogen) atoms. The van der Waals surface area contributed by atoms with E-state index >= 15 is 0 Å². The van der Waals surface area contributed by atoms with Crippen molar-refractivity contribution >= 4 is 29.3 Å². The van der Waals surface area contributed by atoms with Gasteiger partial charge in [-0.3, -0.25) is 4.79 Å². The van der Waals surface area contributed by atoms with Crippen molar-refractivity contribution in [3.63, 3.8) is 0 Å². The summed E-state index contributed by atoms with van der Waals surface area (Å²) in [5.74, 6) is 0.0782. The molecule has 0 saturated carbocycles. The number of carbonyl (C=O) groups is 2. The fourth-order valence-electron chi connectivity index (χ4n) is 2.33. The van der Waals surface area contributed by atoms with Gasteiger partial charge in [0.2, 0.25) is 0 Å². The minimum absolute atomic E-state index is 0.367. The quantitative estimate of drug-likeness (QED) is 0.785. The van der Waals surface area contributed by atoms with Gasteiger partial charge < -0.3 is 20.1 Å². The molecule has 0 saturated heterocycles. The van der Waals surface area contributed by atoms with Crippen LogP contribution >= 0.6 is 11.6 Å². The summed E-state index contributed by atoms with van der Waals surface area (Å²) >= 11 is 6.10. The second-order valence-electron chi connectivity index (χ2n) is 6.83. The van der Waals surface area contributed by atoms with Gasteiger partial charge in [0, 0.05) is 5.69 Å². The number of anilines is 1. The van der Waals surface area contributed by atoms with E-state index in [1.54, 1.807) is 63.2 Å². The third-order valence-corrected chi connectivity index (χ3v) is 3.77. The molecule has 0 radical (unpaired) electrons. The lowest BCUT2D eigenvalue weighted by Gasteiger charge is -2.23. The Morgan fingerprint density at radius 1 is 1.07 bits per heavy atom. The maximum atomic E-state index is 12.8. The Hall–Kier alpha value is -2.73. The first-order chi connectivity index (χ1) is 12.7. The van der Waals surface area contributed by atoms with Gasteiger partial charge in [0.15, 0.2) is 0 Å². The molecule has 2 rings (SSSR count). The Labute approximate surface area is 163 Å². The van der Waals surface area contributed by atoms with Gasteiger partial charge in [-0.05, 0) is 44.5 Å². The van der Waals surface area contributed by atoms with E-state index < -0.39 is 23.6 Å². The van der Waals surface area contributed by atoms with Crippen molar-refractivity contribution < 1.29 is 19.1 Å². The number of rotatable bonds is 5. The number of benzene rings is 2. The first-order valence-corrected chi connectivity index (χ1v) is 8.76. The monoisotopic (exact) mass is 390 g/mol. The molecule has 2 aromatic carbocycles. The molecular weight excluding hydrogens is 368 g/mol. The van der Waals surface area contributed by atoms with Crippen molar-refractivity contribution in [2.45, 2.75) is 32.4 Å². The molecule has 1 unspecified atom stereocenters. The van der Waals surface area contributed by atoms with E-state index in [-0.39, 0.29) is 0 Å². The maximum absolute atomic E-state index is 12.8. The van der Waals surface area contributed by atoms with E-state index in [1.165, 1.54) is 7.11 Å². The highest BCUT2D eigenvalue weighted by molar-refractivity contribution is 6.32. The number of carbonyl (C=O) groups excluding carboxylic acids is 2. The molecule has 2 N–H and O–H groups in total. The average molecular weight is 391 g/mol. The van der Waals surface area contributed by atoms with Gasteiger partial charge in [-0.15, -0.1) is 0 Å². The highest BCUT2D eigenvalue weighted by atomic mass is 35.5. The average Bonchev–Trinajstić information content (AvgIpc) is 2.59. The standard InChI is InChI=1S/C20H23ClN2O4/c1-20(2,3)27-19(25)23-17(13-8-6-5-7-9-13)18(24)22-14-10-11-16(26-4)15(21)12-14/h5-12,17H,1-4H3,(H,22,24)(H,23,25). The molecule has 144 valence electrons. The molecule has 1 atom stereocenters. The number of hydrogen-bond donors (Lipinski definition) is 2. The van der Waals surface area contributed by atoms with Crippen LogP contribution in [0.2, 0.25) is 5.02 Å². The summed E-state index contributed by atoms with van der Waals surface area (Å²) in [6.07, 6.45) is -0.681. The predicted octanol–water partition coefficient (Wildman–Crippen LogP) is 4.55. The number of ether oxygens (including phenoxy) is 2. The van der Waals surface area contributed by atoms with Crippen LogP contribution in [0.3, 0.4) is 0 Å². The summed E-state index contributed by atoms with van der Waals surface area (Å²) < 4.78 is 10.4. The van der Waals surface area contributed by atoms with Gasteiger partial charge in [0.25, 0.3) is 5.91 Å². The van der Waals surface area contributed by atoms with E-state index in [0.29, 0.717) is 22.0 Å². The Kier molecular flexibility index (Phi) is 6.69. The summed E-state index contributed by atoms with van der Waals surface area (Å²) in [4.78, 5) is 25.0. The Morgan fingerprint density at radius 3 is 2.30 bits per heavy atom. The Morgan fingerprint density at radius 2 is 1.74 bits per heavy atom. The van der Waals surface area contributed by atoms with E-state index in [2.05, 4.69) is 10.6 Å². The molecule has 0 aromatic heterocycles. The lowest BCUT2D eigenvalue weighted by molar-refractivity contribution is -0.118. The molecule has 0 fully saturated rings. The van der Waals surface area contributed by atoms with Gasteiger partial charge in [0.05, 0.1) is 12.1 Å². The number of alkyl carbamates (subject to hydrolysis) is 1. The third-order valence-electron chi connectivity index (χ3n) is 3.48. The van der Waals surface area contributed by atoms with Gasteiger partial charge in [-0.25, -0.2) is 4.79 Å². The zero-order valence-electron chi connectivity index (χ0n) is 15.7. The summed E-state index contributed by atoms with van der Waals surface area (Å²) in [5, 5.41) is 5.74. The summed E-state index contributed by atoms with van der Waals surface area (Å²) in [6, 6.07) is 12.9. The van der Waals surface area contributed by atoms with Crippen molar-refractivity contribution in [3.8, 4) is 5.75 Å². The second kappa shape index (κ2) is 8.77. The van der Waals surface area contributed by atoms with Crippen LogP contribution in [-0.2, 0) is 9.53 Å². The van der Waals surface area contributed by atoms with Gasteiger partial charge >= 0.3 is 6.09 Å². The van der Waals surface area contributed by atoms with Crippen LogP contribution in [0.1, 0.15) is 32.4 Å². The van der Waals surface area contributed by atoms with Crippen molar-refractivity contribution in [2.75, 3.05) is 12.4 Å². The molecular formula is C20H23ClN2O4. The number of methoxy groups -OCH3 is 1. The predicted molar refractivity (Wildman–Crippen MR) is 105 cm³/mol. The van der Waals surface area contributed by atoms with Crippen LogP contribution in [0.5, 0.6) is 5.75 Å². The third kappa shape index (κ3) is 6.18. The first kappa shape index (κ1) is 20.6. The molecule has 0 aliphatic carbocycles. The molecule has 0 bridgehead atoms. The fourth-order valence-corrected chi connectivity index (χ4v) is 2.59. The molecule has 0 heterocycles. The first-order valence-electron chi connectivity index (χ1n) is 8.38. The van der Waals surface area contributed by atoms with Crippen LogP contribution < -0.4 is 15.4 Å². The van der Waals surface area contributed by atoms with Crippen LogP contribution in [0, 0.1) is 0 Å². The van der Waals surface area contributed by atoms with Crippen molar-refractivity contribution in [1.29, 1.82) is 0 Å². The smallest absolute Gasteiger partial charge is 0.408 e. The van der Waals surface area contributed by atoms with E-state index in [4.69, 9.17) is 21.1 Å². The lowest BCUT2D eigenvalue weighted by atomic mass is 10.1. The van der Waals surface area contributed by atoms with Crippen molar-refractivity contribution in [1.82, 2.24) is 5.32 Å². The fraction of sp³-hybridized carbons (Fsp3) is 0.300. The molecule has 6 nitrogen and oxygen atoms in total. The number of nitrogens with one attached hydrogen (secondary N) is 2. The topological polar surface area (TPSA) is 76.7 Å². The molecule has 2 aromatic rings. The second-order valence-corrected chi connectivity index (χ2v) is 7.24. The highest BCUT2D eigenvalue weighted by Crippen LogP contribution is 2.28. The van der Waals surface area contributed by atoms with Gasteiger partial charge in [-0.2, -0.15) is 0 Å². The zero-order valence-corrected chi connectivity index (χ0v) is 16.5. The van der Waals surface area contributed by atoms with Crippen LogP contribution in [0.4, 0.5) is 10.5 Å². The van der Waals surface area contributed by atoms with Crippen LogP contribution in [0.15, 0.2) is 48.5 Å². The van der Waals surface area contributed by atoms with E-state index in [0.717, 1.165) is 0 Å². The maximum Gasteiger partial charge on any atom is 0.408 e. The molecule has 0 spiro atoms. The number of hydrogen-bond acceptors (Lipinski definition) is 4. The van der Waals surface area contributed by atoms with E-state index in [9.17, 15) is 9.59 Å². The lowest BCUT2D eigenvalue weighted by Crippen LogP contribution is -2.40. The Balaban J connectivity index is 2.21. The van der Waals surface area contributed by atoms with Crippen molar-refractivity contribution in [3.05, 3.63) is 59.1 Å². The highest BCUT2D eigenvalue weighted by Gasteiger charge is 2.26. The molecule has 2 amide bonds. The van der Waals surface area contributed by atoms with Crippen LogP contribution in [0.25, 0.3) is 0 Å². The van der Waals surface area contributed by atoms with Crippen molar-refractivity contribution in [2.24, 2.45) is 0 Å². The number of amides is 2. The SMILES string of the molecule is COc1ccc(NC(=O)C(NC(=O)OC(C)(C)C)c2ccccc2)cc1Cl. The number of halogens is 1. The molecule has 0 aliphatic heterocycles. The summed E-state index contributed by atoms with van der Waals surface area (Å²) in [7, 11) is 1.51. The minimum atomic E-state index is -0.929. The molecule has 7 heteroatoms. The largest absolute Gasteiger partial charge is 0.495 e.